The van der Waals surface area contributed by atoms with Crippen LogP contribution in [0, 0.1) is 6.92 Å². The normalized spacial score (nSPS) is 11.1. The summed E-state index contributed by atoms with van der Waals surface area (Å²) in [4.78, 5) is 14.2. The topological polar surface area (TPSA) is 46.3 Å². The molecule has 0 aliphatic rings. The number of Topliss-reactive ketones (excluding diaryl/α,β-unsaturated/α-hetero) is 1. The van der Waals surface area contributed by atoms with Crippen molar-refractivity contribution in [3.05, 3.63) is 39.4 Å². The summed E-state index contributed by atoms with van der Waals surface area (Å²) in [6.45, 7) is 5.01. The van der Waals surface area contributed by atoms with Crippen molar-refractivity contribution in [1.82, 2.24) is 10.1 Å². The first kappa shape index (κ1) is 13.0. The first-order valence-electron chi connectivity index (χ1n) is 5.73. The van der Waals surface area contributed by atoms with Gasteiger partial charge in [-0.25, -0.2) is 0 Å². The summed E-state index contributed by atoms with van der Waals surface area (Å²) in [6.07, 6.45) is 0. The van der Waals surface area contributed by atoms with Crippen LogP contribution in [0.5, 0.6) is 0 Å². The Balaban J connectivity index is 1.94. The summed E-state index contributed by atoms with van der Waals surface area (Å²) >= 11 is 1.50. The highest BCUT2D eigenvalue weighted by Gasteiger charge is 2.09. The zero-order chi connectivity index (χ0) is 13.1. The van der Waals surface area contributed by atoms with Crippen LogP contribution in [0.4, 0.5) is 0 Å². The number of ketones is 1. The second-order valence-corrected chi connectivity index (χ2v) is 5.39. The number of aryl methyl sites for hydroxylation is 1. The molecule has 5 heteroatoms. The lowest BCUT2D eigenvalue weighted by Crippen LogP contribution is -2.16. The average molecular weight is 264 g/mol. The molecule has 0 aliphatic heterocycles. The molecule has 0 amide bonds. The van der Waals surface area contributed by atoms with Crippen molar-refractivity contribution in [2.45, 2.75) is 26.9 Å². The van der Waals surface area contributed by atoms with Crippen molar-refractivity contribution >= 4 is 17.1 Å². The molecular weight excluding hydrogens is 248 g/mol. The largest absolute Gasteiger partial charge is 0.360 e. The van der Waals surface area contributed by atoms with Gasteiger partial charge in [0.05, 0.1) is 17.1 Å². The van der Waals surface area contributed by atoms with Crippen LogP contribution in [0.2, 0.25) is 0 Å². The molecule has 0 unspecified atom stereocenters. The maximum Gasteiger partial charge on any atom is 0.169 e. The van der Waals surface area contributed by atoms with Gasteiger partial charge >= 0.3 is 0 Å². The van der Waals surface area contributed by atoms with Gasteiger partial charge in [-0.15, -0.1) is 11.3 Å². The van der Waals surface area contributed by atoms with Crippen LogP contribution in [0.1, 0.15) is 33.6 Å². The highest BCUT2D eigenvalue weighted by atomic mass is 32.1. The maximum atomic E-state index is 11.2. The molecule has 2 aromatic heterocycles. The zero-order valence-corrected chi connectivity index (χ0v) is 11.6. The van der Waals surface area contributed by atoms with Crippen LogP contribution in [-0.2, 0) is 13.1 Å². The van der Waals surface area contributed by atoms with Crippen LogP contribution in [0.15, 0.2) is 22.0 Å². The summed E-state index contributed by atoms with van der Waals surface area (Å²) < 4.78 is 5.17. The highest BCUT2D eigenvalue weighted by Crippen LogP contribution is 2.17. The fraction of sp³-hybridized carbons (Fsp3) is 0.385. The van der Waals surface area contributed by atoms with Crippen LogP contribution in [-0.4, -0.2) is 22.9 Å². The standard InChI is InChI=1S/C13H16N2O2S/c1-9-4-12(17-14-9)7-15(3)6-11-5-13(10(2)16)18-8-11/h4-5,8H,6-7H2,1-3H3. The summed E-state index contributed by atoms with van der Waals surface area (Å²) in [5.74, 6) is 0.983. The minimum absolute atomic E-state index is 0.125. The summed E-state index contributed by atoms with van der Waals surface area (Å²) in [7, 11) is 2.02. The molecule has 0 saturated heterocycles. The molecule has 0 radical (unpaired) electrons. The molecule has 4 nitrogen and oxygen atoms in total. The number of hydrogen-bond donors (Lipinski definition) is 0. The van der Waals surface area contributed by atoms with Crippen LogP contribution >= 0.6 is 11.3 Å². The lowest BCUT2D eigenvalue weighted by Gasteiger charge is -2.13. The molecule has 0 saturated carbocycles. The van der Waals surface area contributed by atoms with Crippen molar-refractivity contribution < 1.29 is 9.32 Å². The molecular formula is C13H16N2O2S. The first-order chi connectivity index (χ1) is 8.54. The lowest BCUT2D eigenvalue weighted by molar-refractivity contribution is 0.102. The zero-order valence-electron chi connectivity index (χ0n) is 10.8. The van der Waals surface area contributed by atoms with E-state index < -0.39 is 0 Å². The van der Waals surface area contributed by atoms with Crippen molar-refractivity contribution in [3.63, 3.8) is 0 Å². The van der Waals surface area contributed by atoms with Gasteiger partial charge in [-0.2, -0.15) is 0 Å². The van der Waals surface area contributed by atoms with Gasteiger partial charge in [0.25, 0.3) is 0 Å². The minimum Gasteiger partial charge on any atom is -0.360 e. The Morgan fingerprint density at radius 1 is 1.44 bits per heavy atom. The Kier molecular flexibility index (Phi) is 3.93. The van der Waals surface area contributed by atoms with Gasteiger partial charge in [-0.1, -0.05) is 5.16 Å². The summed E-state index contributed by atoms with van der Waals surface area (Å²) in [5.41, 5.74) is 2.05. The van der Waals surface area contributed by atoms with Gasteiger partial charge in [0, 0.05) is 12.6 Å². The molecule has 0 aliphatic carbocycles. The molecule has 96 valence electrons. The summed E-state index contributed by atoms with van der Waals surface area (Å²) in [6, 6.07) is 3.89. The minimum atomic E-state index is 0.125. The van der Waals surface area contributed by atoms with Crippen LogP contribution < -0.4 is 0 Å². The average Bonchev–Trinajstić information content (AvgIpc) is 2.88. The van der Waals surface area contributed by atoms with Crippen LogP contribution in [0.3, 0.4) is 0 Å². The quantitative estimate of drug-likeness (QED) is 0.779. The van der Waals surface area contributed by atoms with E-state index in [1.54, 1.807) is 6.92 Å². The molecule has 2 heterocycles. The number of carbonyl (C=O) groups excluding carboxylic acids is 1. The molecule has 0 fully saturated rings. The third-order valence-corrected chi connectivity index (χ3v) is 3.64. The molecule has 0 bridgehead atoms. The lowest BCUT2D eigenvalue weighted by atomic mass is 10.2. The van der Waals surface area contributed by atoms with Gasteiger partial charge in [-0.3, -0.25) is 9.69 Å². The molecule has 0 spiro atoms. The van der Waals surface area contributed by atoms with Crippen molar-refractivity contribution in [3.8, 4) is 0 Å². The SMILES string of the molecule is CC(=O)c1cc(CN(C)Cc2cc(C)no2)cs1. The second-order valence-electron chi connectivity index (χ2n) is 4.48. The van der Waals surface area contributed by atoms with E-state index in [-0.39, 0.29) is 5.78 Å². The second kappa shape index (κ2) is 5.46. The van der Waals surface area contributed by atoms with Crippen molar-refractivity contribution in [2.24, 2.45) is 0 Å². The number of nitrogens with zero attached hydrogens (tertiary/aromatic N) is 2. The Bertz CT molecular complexity index is 545. The van der Waals surface area contributed by atoms with Crippen molar-refractivity contribution in [1.29, 1.82) is 0 Å². The van der Waals surface area contributed by atoms with Gasteiger partial charge in [0.15, 0.2) is 11.5 Å². The number of carbonyl (C=O) groups is 1. The summed E-state index contributed by atoms with van der Waals surface area (Å²) in [5, 5.41) is 5.89. The third kappa shape index (κ3) is 3.27. The Morgan fingerprint density at radius 2 is 2.22 bits per heavy atom. The van der Waals surface area contributed by atoms with E-state index in [4.69, 9.17) is 4.52 Å². The smallest absolute Gasteiger partial charge is 0.169 e. The molecule has 0 atom stereocenters. The monoisotopic (exact) mass is 264 g/mol. The maximum absolute atomic E-state index is 11.2. The predicted molar refractivity (Wildman–Crippen MR) is 70.7 cm³/mol. The third-order valence-electron chi connectivity index (χ3n) is 2.56. The molecule has 0 aromatic carbocycles. The van der Waals surface area contributed by atoms with E-state index >= 15 is 0 Å². The van der Waals surface area contributed by atoms with Crippen LogP contribution in [0.25, 0.3) is 0 Å². The molecule has 0 N–H and O–H groups in total. The van der Waals surface area contributed by atoms with Crippen molar-refractivity contribution in [2.75, 3.05) is 7.05 Å². The van der Waals surface area contributed by atoms with E-state index in [1.165, 1.54) is 11.3 Å². The first-order valence-corrected chi connectivity index (χ1v) is 6.61. The number of rotatable bonds is 5. The molecule has 18 heavy (non-hydrogen) atoms. The number of hydrogen-bond acceptors (Lipinski definition) is 5. The molecule has 2 aromatic rings. The van der Waals surface area contributed by atoms with E-state index in [9.17, 15) is 4.79 Å². The van der Waals surface area contributed by atoms with Gasteiger partial charge < -0.3 is 4.52 Å². The van der Waals surface area contributed by atoms with E-state index in [0.29, 0.717) is 6.54 Å². The fourth-order valence-corrected chi connectivity index (χ4v) is 2.57. The van der Waals surface area contributed by atoms with Gasteiger partial charge in [0.1, 0.15) is 0 Å². The number of thiophene rings is 1. The van der Waals surface area contributed by atoms with E-state index in [1.807, 2.05) is 31.5 Å². The predicted octanol–water partition coefficient (Wildman–Crippen LogP) is 2.88. The van der Waals surface area contributed by atoms with Gasteiger partial charge in [-0.05, 0) is 37.9 Å². The fourth-order valence-electron chi connectivity index (χ4n) is 1.77. The van der Waals surface area contributed by atoms with E-state index in [0.717, 1.165) is 28.4 Å². The Morgan fingerprint density at radius 3 is 2.78 bits per heavy atom. The molecule has 2 rings (SSSR count). The number of aromatic nitrogens is 1. The Hall–Kier alpha value is -1.46. The highest BCUT2D eigenvalue weighted by molar-refractivity contribution is 7.12. The Labute approximate surface area is 110 Å². The van der Waals surface area contributed by atoms with E-state index in [2.05, 4.69) is 10.1 Å². The van der Waals surface area contributed by atoms with Gasteiger partial charge in [0.2, 0.25) is 0 Å².